The third-order valence-corrected chi connectivity index (χ3v) is 4.34. The molecule has 0 heterocycles. The van der Waals surface area contributed by atoms with Crippen LogP contribution in [0.5, 0.6) is 0 Å². The molecule has 0 aromatic heterocycles. The van der Waals surface area contributed by atoms with Crippen LogP contribution >= 0.6 is 7.94 Å². The summed E-state index contributed by atoms with van der Waals surface area (Å²) in [7, 11) is -4.36. The third kappa shape index (κ3) is 8.41. The van der Waals surface area contributed by atoms with E-state index in [9.17, 15) is 14.7 Å². The standard InChI is InChI=1S/C14H32O6P/c1-4-7-10-18-13-14(21(15,16)17,19-11-8-5-2)20-12-9-6-3/h15-17H,4-13H2,1-3H3/q+1. The minimum atomic E-state index is -4.36. The molecule has 0 saturated heterocycles. The Morgan fingerprint density at radius 1 is 0.762 bits per heavy atom. The lowest BCUT2D eigenvalue weighted by Gasteiger charge is -2.31. The number of ether oxygens (including phenoxy) is 3. The zero-order valence-corrected chi connectivity index (χ0v) is 14.5. The maximum atomic E-state index is 9.78. The summed E-state index contributed by atoms with van der Waals surface area (Å²) in [6, 6.07) is 0. The highest BCUT2D eigenvalue weighted by atomic mass is 31.2. The van der Waals surface area contributed by atoms with Gasteiger partial charge in [-0.1, -0.05) is 40.0 Å². The molecule has 0 atom stereocenters. The molecule has 0 aliphatic rings. The Kier molecular flexibility index (Phi) is 11.8. The summed E-state index contributed by atoms with van der Waals surface area (Å²) < 4.78 is 16.5. The lowest BCUT2D eigenvalue weighted by Crippen LogP contribution is -2.44. The molecule has 0 spiro atoms. The Hall–Kier alpha value is 0.190. The van der Waals surface area contributed by atoms with Crippen molar-refractivity contribution in [2.45, 2.75) is 64.8 Å². The zero-order valence-electron chi connectivity index (χ0n) is 13.6. The number of hydrogen-bond donors (Lipinski definition) is 3. The van der Waals surface area contributed by atoms with Crippen molar-refractivity contribution in [1.29, 1.82) is 0 Å². The summed E-state index contributed by atoms with van der Waals surface area (Å²) in [6.45, 7) is 6.88. The highest BCUT2D eigenvalue weighted by molar-refractivity contribution is 7.59. The molecule has 0 bridgehead atoms. The van der Waals surface area contributed by atoms with Gasteiger partial charge >= 0.3 is 13.5 Å². The molecule has 0 saturated carbocycles. The molecular weight excluding hydrogens is 295 g/mol. The Bertz CT molecular complexity index is 234. The van der Waals surface area contributed by atoms with E-state index in [-0.39, 0.29) is 19.8 Å². The molecule has 6 nitrogen and oxygen atoms in total. The van der Waals surface area contributed by atoms with Gasteiger partial charge in [0, 0.05) is 6.61 Å². The average Bonchev–Trinajstić information content (AvgIpc) is 2.42. The maximum Gasteiger partial charge on any atom is 0.471 e. The van der Waals surface area contributed by atoms with Gasteiger partial charge < -0.3 is 14.2 Å². The maximum absolute atomic E-state index is 9.78. The minimum absolute atomic E-state index is 0.183. The smallest absolute Gasteiger partial charge is 0.371 e. The summed E-state index contributed by atoms with van der Waals surface area (Å²) >= 11 is 0. The largest absolute Gasteiger partial charge is 0.471 e. The molecule has 0 fully saturated rings. The second-order valence-corrected chi connectivity index (χ2v) is 6.91. The zero-order chi connectivity index (χ0) is 16.2. The summed E-state index contributed by atoms with van der Waals surface area (Å²) in [5.74, 6) is 0. The second-order valence-electron chi connectivity index (χ2n) is 5.09. The Morgan fingerprint density at radius 3 is 1.57 bits per heavy atom. The Morgan fingerprint density at radius 2 is 1.19 bits per heavy atom. The molecule has 0 radical (unpaired) electrons. The SMILES string of the molecule is CCCCOCC(OCCCC)(OCCCC)[P+](O)(O)O. The van der Waals surface area contributed by atoms with Crippen LogP contribution in [0.15, 0.2) is 0 Å². The Balaban J connectivity index is 4.75. The van der Waals surface area contributed by atoms with Crippen LogP contribution in [0.3, 0.4) is 0 Å². The second kappa shape index (κ2) is 11.7. The monoisotopic (exact) mass is 327 g/mol. The lowest BCUT2D eigenvalue weighted by atomic mass is 10.3. The predicted molar refractivity (Wildman–Crippen MR) is 83.8 cm³/mol. The van der Waals surface area contributed by atoms with Crippen molar-refractivity contribution < 1.29 is 28.9 Å². The first-order valence-corrected chi connectivity index (χ1v) is 9.51. The van der Waals surface area contributed by atoms with Crippen LogP contribution in [0.1, 0.15) is 59.3 Å². The first-order valence-electron chi connectivity index (χ1n) is 7.86. The number of rotatable bonds is 14. The van der Waals surface area contributed by atoms with E-state index in [1.807, 2.05) is 20.8 Å². The molecule has 0 unspecified atom stereocenters. The topological polar surface area (TPSA) is 88.4 Å². The first kappa shape index (κ1) is 21.2. The molecule has 21 heavy (non-hydrogen) atoms. The van der Waals surface area contributed by atoms with Gasteiger partial charge in [0.2, 0.25) is 0 Å². The molecular formula is C14H32O6P+. The van der Waals surface area contributed by atoms with Crippen LogP contribution in [0, 0.1) is 0 Å². The van der Waals surface area contributed by atoms with Crippen molar-refractivity contribution >= 4 is 7.94 Å². The average molecular weight is 327 g/mol. The van der Waals surface area contributed by atoms with Crippen molar-refractivity contribution in [3.8, 4) is 0 Å². The van der Waals surface area contributed by atoms with E-state index >= 15 is 0 Å². The Labute approximate surface area is 129 Å². The van der Waals surface area contributed by atoms with Gasteiger partial charge in [-0.3, -0.25) is 0 Å². The number of hydrogen-bond acceptors (Lipinski definition) is 6. The van der Waals surface area contributed by atoms with Crippen LogP contribution in [0.25, 0.3) is 0 Å². The van der Waals surface area contributed by atoms with E-state index in [4.69, 9.17) is 14.2 Å². The fourth-order valence-corrected chi connectivity index (χ4v) is 2.38. The summed E-state index contributed by atoms with van der Waals surface area (Å²) in [5, 5.41) is 0. The normalized spacial score (nSPS) is 12.9. The highest BCUT2D eigenvalue weighted by Gasteiger charge is 2.62. The van der Waals surface area contributed by atoms with E-state index in [2.05, 4.69) is 0 Å². The van der Waals surface area contributed by atoms with Crippen LogP contribution in [0.2, 0.25) is 0 Å². The summed E-state index contributed by atoms with van der Waals surface area (Å²) in [4.78, 5) is 29.3. The minimum Gasteiger partial charge on any atom is -0.371 e. The van der Waals surface area contributed by atoms with Crippen LogP contribution in [-0.2, 0) is 14.2 Å². The van der Waals surface area contributed by atoms with Crippen LogP contribution < -0.4 is 0 Å². The van der Waals surface area contributed by atoms with Crippen molar-refractivity contribution in [3.05, 3.63) is 0 Å². The molecule has 0 aliphatic heterocycles. The highest BCUT2D eigenvalue weighted by Crippen LogP contribution is 2.59. The van der Waals surface area contributed by atoms with Gasteiger partial charge in [-0.15, -0.1) is 0 Å². The van der Waals surface area contributed by atoms with Gasteiger partial charge in [-0.2, -0.15) is 14.7 Å². The third-order valence-electron chi connectivity index (χ3n) is 3.03. The van der Waals surface area contributed by atoms with E-state index in [0.29, 0.717) is 6.61 Å². The summed E-state index contributed by atoms with van der Waals surface area (Å²) in [5.41, 5.74) is -1.86. The fraction of sp³-hybridized carbons (Fsp3) is 1.00. The molecule has 0 aliphatic carbocycles. The van der Waals surface area contributed by atoms with Gasteiger partial charge in [-0.25, -0.2) is 0 Å². The van der Waals surface area contributed by atoms with Gasteiger partial charge in [0.25, 0.3) is 0 Å². The summed E-state index contributed by atoms with van der Waals surface area (Å²) in [6.07, 6.45) is 5.11. The van der Waals surface area contributed by atoms with Gasteiger partial charge in [-0.05, 0) is 19.3 Å². The van der Waals surface area contributed by atoms with E-state index in [0.717, 1.165) is 38.5 Å². The molecule has 128 valence electrons. The van der Waals surface area contributed by atoms with Crippen LogP contribution in [-0.4, -0.2) is 46.6 Å². The molecule has 0 aromatic rings. The van der Waals surface area contributed by atoms with E-state index in [1.54, 1.807) is 0 Å². The molecule has 3 N–H and O–H groups in total. The lowest BCUT2D eigenvalue weighted by molar-refractivity contribution is -0.222. The van der Waals surface area contributed by atoms with E-state index in [1.165, 1.54) is 0 Å². The fourth-order valence-electron chi connectivity index (χ4n) is 1.58. The van der Waals surface area contributed by atoms with Gasteiger partial charge in [0.05, 0.1) is 13.2 Å². The molecule has 7 heteroatoms. The predicted octanol–water partition coefficient (Wildman–Crippen LogP) is 2.83. The van der Waals surface area contributed by atoms with Crippen LogP contribution in [0.4, 0.5) is 0 Å². The van der Waals surface area contributed by atoms with E-state index < -0.39 is 13.5 Å². The quantitative estimate of drug-likeness (QED) is 0.258. The molecule has 0 rings (SSSR count). The molecule has 0 amide bonds. The number of unbranched alkanes of at least 4 members (excludes halogenated alkanes) is 3. The van der Waals surface area contributed by atoms with Crippen molar-refractivity contribution in [1.82, 2.24) is 0 Å². The first-order chi connectivity index (χ1) is 9.93. The van der Waals surface area contributed by atoms with Crippen molar-refractivity contribution in [2.75, 3.05) is 26.4 Å². The molecule has 0 aromatic carbocycles. The van der Waals surface area contributed by atoms with Gasteiger partial charge in [0.15, 0.2) is 0 Å². The van der Waals surface area contributed by atoms with Crippen molar-refractivity contribution in [3.63, 3.8) is 0 Å². The van der Waals surface area contributed by atoms with Crippen molar-refractivity contribution in [2.24, 2.45) is 0 Å². The van der Waals surface area contributed by atoms with Gasteiger partial charge in [0.1, 0.15) is 6.61 Å².